The first-order valence-corrected chi connectivity index (χ1v) is 5.15. The summed E-state index contributed by atoms with van der Waals surface area (Å²) in [6, 6.07) is 5.65. The Balaban J connectivity index is 2.44. The second-order valence-corrected chi connectivity index (χ2v) is 4.00. The molecule has 1 N–H and O–H groups in total. The van der Waals surface area contributed by atoms with Gasteiger partial charge in [0.1, 0.15) is 0 Å². The topological polar surface area (TPSA) is 54.4 Å². The van der Waals surface area contributed by atoms with Crippen molar-refractivity contribution in [1.82, 2.24) is 0 Å². The summed E-state index contributed by atoms with van der Waals surface area (Å²) >= 11 is 0. The summed E-state index contributed by atoms with van der Waals surface area (Å²) in [6.07, 6.45) is 2.27. The maximum Gasteiger partial charge on any atom is 0.328 e. The molecular weight excluding hydrogens is 204 g/mol. The summed E-state index contributed by atoms with van der Waals surface area (Å²) in [5, 5.41) is 8.65. The van der Waals surface area contributed by atoms with Crippen molar-refractivity contribution in [3.8, 4) is 0 Å². The van der Waals surface area contributed by atoms with Crippen molar-refractivity contribution >= 4 is 11.8 Å². The van der Waals surface area contributed by atoms with Gasteiger partial charge in [0, 0.05) is 17.2 Å². The van der Waals surface area contributed by atoms with Crippen LogP contribution in [0.1, 0.15) is 27.9 Å². The number of Topliss-reactive ketones (excluding diaryl/α,β-unsaturated/α-hetero) is 1. The van der Waals surface area contributed by atoms with Gasteiger partial charge in [-0.1, -0.05) is 23.8 Å². The van der Waals surface area contributed by atoms with E-state index in [1.807, 2.05) is 19.1 Å². The zero-order chi connectivity index (χ0) is 11.7. The van der Waals surface area contributed by atoms with Gasteiger partial charge in [-0.3, -0.25) is 4.79 Å². The lowest BCUT2D eigenvalue weighted by atomic mass is 9.86. The number of carbonyl (C=O) groups is 2. The number of aryl methyl sites for hydroxylation is 2. The normalized spacial score (nSPS) is 17.3. The number of hydrogen-bond donors (Lipinski definition) is 1. The smallest absolute Gasteiger partial charge is 0.328 e. The lowest BCUT2D eigenvalue weighted by Crippen LogP contribution is -2.15. The highest BCUT2D eigenvalue weighted by atomic mass is 16.4. The van der Waals surface area contributed by atoms with Gasteiger partial charge in [-0.05, 0) is 25.3 Å². The molecule has 3 heteroatoms. The molecule has 1 aliphatic carbocycles. The molecule has 0 unspecified atom stereocenters. The Bertz CT molecular complexity index is 498. The minimum Gasteiger partial charge on any atom is -0.478 e. The van der Waals surface area contributed by atoms with Crippen molar-refractivity contribution in [2.75, 3.05) is 0 Å². The zero-order valence-electron chi connectivity index (χ0n) is 8.99. The predicted molar refractivity (Wildman–Crippen MR) is 59.5 cm³/mol. The third-order valence-electron chi connectivity index (χ3n) is 2.76. The number of carboxylic acids is 1. The van der Waals surface area contributed by atoms with Crippen molar-refractivity contribution in [3.05, 3.63) is 46.5 Å². The van der Waals surface area contributed by atoms with Crippen LogP contribution in [0.25, 0.3) is 0 Å². The molecule has 1 aromatic rings. The molecule has 3 nitrogen and oxygen atoms in total. The quantitative estimate of drug-likeness (QED) is 0.731. The van der Waals surface area contributed by atoms with E-state index >= 15 is 0 Å². The third-order valence-corrected chi connectivity index (χ3v) is 2.76. The molecule has 0 saturated carbocycles. The summed E-state index contributed by atoms with van der Waals surface area (Å²) in [6.45, 7) is 1.98. The first-order chi connectivity index (χ1) is 7.58. The van der Waals surface area contributed by atoms with E-state index in [9.17, 15) is 9.59 Å². The van der Waals surface area contributed by atoms with Crippen LogP contribution in [0, 0.1) is 6.92 Å². The Morgan fingerprint density at radius 3 is 2.81 bits per heavy atom. The number of carboxylic acid groups (broad SMARTS) is 1. The fraction of sp³-hybridized carbons (Fsp3) is 0.231. The zero-order valence-corrected chi connectivity index (χ0v) is 8.99. The maximum absolute atomic E-state index is 11.9. The van der Waals surface area contributed by atoms with Gasteiger partial charge >= 0.3 is 5.97 Å². The Kier molecular flexibility index (Phi) is 2.60. The van der Waals surface area contributed by atoms with Gasteiger partial charge in [0.25, 0.3) is 0 Å². The minimum absolute atomic E-state index is 0.149. The van der Waals surface area contributed by atoms with Gasteiger partial charge in [-0.2, -0.15) is 0 Å². The van der Waals surface area contributed by atoms with Crippen LogP contribution in [0.4, 0.5) is 0 Å². The van der Waals surface area contributed by atoms with Crippen LogP contribution in [0.2, 0.25) is 0 Å². The Morgan fingerprint density at radius 1 is 1.38 bits per heavy atom. The average Bonchev–Trinajstić information content (AvgIpc) is 2.22. The second-order valence-electron chi connectivity index (χ2n) is 4.00. The van der Waals surface area contributed by atoms with Crippen LogP contribution in [-0.4, -0.2) is 16.9 Å². The molecule has 0 atom stereocenters. The average molecular weight is 216 g/mol. The standard InChI is InChI=1S/C13H12O3/c1-8-2-5-11-9(6-8)3-4-10(13(11)16)7-12(14)15/h2,5-7H,3-4H2,1H3,(H,14,15)/b10-7-. The van der Waals surface area contributed by atoms with Gasteiger partial charge in [0.05, 0.1) is 0 Å². The summed E-state index contributed by atoms with van der Waals surface area (Å²) in [4.78, 5) is 22.5. The van der Waals surface area contributed by atoms with E-state index in [4.69, 9.17) is 5.11 Å². The molecule has 1 aliphatic rings. The molecule has 0 amide bonds. The number of carbonyl (C=O) groups excluding carboxylic acids is 1. The SMILES string of the molecule is Cc1ccc2c(c1)CC/C(=C/C(=O)O)C2=O. The molecule has 0 radical (unpaired) electrons. The molecule has 16 heavy (non-hydrogen) atoms. The lowest BCUT2D eigenvalue weighted by molar-refractivity contribution is -0.131. The molecule has 0 saturated heterocycles. The third kappa shape index (κ3) is 1.89. The van der Waals surface area contributed by atoms with Gasteiger partial charge in [0.2, 0.25) is 0 Å². The number of aliphatic carboxylic acids is 1. The van der Waals surface area contributed by atoms with Crippen molar-refractivity contribution < 1.29 is 14.7 Å². The molecule has 0 bridgehead atoms. The lowest BCUT2D eigenvalue weighted by Gasteiger charge is -2.17. The van der Waals surface area contributed by atoms with Gasteiger partial charge in [-0.15, -0.1) is 0 Å². The van der Waals surface area contributed by atoms with Crippen LogP contribution in [-0.2, 0) is 11.2 Å². The maximum atomic E-state index is 11.9. The highest BCUT2D eigenvalue weighted by Gasteiger charge is 2.22. The number of ketones is 1. The first-order valence-electron chi connectivity index (χ1n) is 5.15. The second kappa shape index (κ2) is 3.93. The summed E-state index contributed by atoms with van der Waals surface area (Å²) in [5.74, 6) is -1.21. The molecule has 0 aromatic heterocycles. The van der Waals surface area contributed by atoms with E-state index in [1.165, 1.54) is 0 Å². The van der Waals surface area contributed by atoms with Crippen molar-refractivity contribution in [1.29, 1.82) is 0 Å². The van der Waals surface area contributed by atoms with E-state index in [0.717, 1.165) is 23.6 Å². The van der Waals surface area contributed by atoms with Gasteiger partial charge in [0.15, 0.2) is 5.78 Å². The molecule has 0 fully saturated rings. The summed E-state index contributed by atoms with van der Waals surface area (Å²) in [5.41, 5.74) is 3.18. The van der Waals surface area contributed by atoms with Crippen LogP contribution in [0.5, 0.6) is 0 Å². The molecule has 0 spiro atoms. The molecule has 0 heterocycles. The van der Waals surface area contributed by atoms with Gasteiger partial charge in [-0.25, -0.2) is 4.79 Å². The Hall–Kier alpha value is -1.90. The highest BCUT2D eigenvalue weighted by Crippen LogP contribution is 2.25. The van der Waals surface area contributed by atoms with Crippen LogP contribution >= 0.6 is 0 Å². The van der Waals surface area contributed by atoms with Crippen LogP contribution in [0.15, 0.2) is 29.8 Å². The first kappa shape index (κ1) is 10.6. The van der Waals surface area contributed by atoms with Crippen molar-refractivity contribution in [2.45, 2.75) is 19.8 Å². The van der Waals surface area contributed by atoms with E-state index < -0.39 is 5.97 Å². The number of allylic oxidation sites excluding steroid dienone is 1. The molecular formula is C13H12O3. The van der Waals surface area contributed by atoms with Crippen molar-refractivity contribution in [2.24, 2.45) is 0 Å². The van der Waals surface area contributed by atoms with E-state index in [0.29, 0.717) is 17.6 Å². The molecule has 2 rings (SSSR count). The number of benzene rings is 1. The summed E-state index contributed by atoms with van der Waals surface area (Å²) < 4.78 is 0. The van der Waals surface area contributed by atoms with E-state index in [1.54, 1.807) is 6.07 Å². The van der Waals surface area contributed by atoms with Crippen LogP contribution < -0.4 is 0 Å². The minimum atomic E-state index is -1.06. The van der Waals surface area contributed by atoms with E-state index in [-0.39, 0.29) is 5.78 Å². The monoisotopic (exact) mass is 216 g/mol. The fourth-order valence-corrected chi connectivity index (χ4v) is 1.99. The van der Waals surface area contributed by atoms with Crippen molar-refractivity contribution in [3.63, 3.8) is 0 Å². The number of hydrogen-bond acceptors (Lipinski definition) is 2. The largest absolute Gasteiger partial charge is 0.478 e. The number of rotatable bonds is 1. The van der Waals surface area contributed by atoms with Crippen LogP contribution in [0.3, 0.4) is 0 Å². The van der Waals surface area contributed by atoms with E-state index in [2.05, 4.69) is 0 Å². The molecule has 82 valence electrons. The highest BCUT2D eigenvalue weighted by molar-refractivity contribution is 6.12. The molecule has 0 aliphatic heterocycles. The van der Waals surface area contributed by atoms with Gasteiger partial charge < -0.3 is 5.11 Å². The summed E-state index contributed by atoms with van der Waals surface area (Å²) in [7, 11) is 0. The Labute approximate surface area is 93.4 Å². The fourth-order valence-electron chi connectivity index (χ4n) is 1.99. The number of fused-ring (bicyclic) bond motifs is 1. The Morgan fingerprint density at radius 2 is 2.12 bits per heavy atom. The predicted octanol–water partition coefficient (Wildman–Crippen LogP) is 2.13. The molecule has 1 aromatic carbocycles.